The number of nitrogens with zero attached hydrogens (tertiary/aromatic N) is 1. The molecule has 0 saturated heterocycles. The number of hydrogen-bond donors (Lipinski definition) is 0. The van der Waals surface area contributed by atoms with Gasteiger partial charge >= 0.3 is 10.1 Å². The molecule has 30 heavy (non-hydrogen) atoms. The predicted molar refractivity (Wildman–Crippen MR) is 115 cm³/mol. The van der Waals surface area contributed by atoms with Gasteiger partial charge < -0.3 is 9.08 Å². The Morgan fingerprint density at radius 1 is 1.13 bits per heavy atom. The summed E-state index contributed by atoms with van der Waals surface area (Å²) >= 11 is 6.13. The topological polar surface area (TPSA) is 63.7 Å². The lowest BCUT2D eigenvalue weighted by Crippen LogP contribution is -2.38. The quantitative estimate of drug-likeness (QED) is 0.473. The Balaban J connectivity index is 2.37. The average molecular weight is 456 g/mol. The third-order valence-corrected chi connectivity index (χ3v) is 6.17. The predicted octanol–water partition coefficient (Wildman–Crippen LogP) is 5.42. The van der Waals surface area contributed by atoms with Crippen molar-refractivity contribution in [2.45, 2.75) is 58.0 Å². The maximum absolute atomic E-state index is 13.1. The summed E-state index contributed by atoms with van der Waals surface area (Å²) in [5.74, 6) is -0.298. The van der Waals surface area contributed by atoms with E-state index in [4.69, 9.17) is 15.8 Å². The number of amides is 1. The molecule has 0 spiro atoms. The number of hydrogen-bond acceptors (Lipinski definition) is 4. The summed E-state index contributed by atoms with van der Waals surface area (Å²) in [6.07, 6.45) is 1.13. The lowest BCUT2D eigenvalue weighted by atomic mass is 10.1. The van der Waals surface area contributed by atoms with Gasteiger partial charge in [-0.1, -0.05) is 32.4 Å². The van der Waals surface area contributed by atoms with Gasteiger partial charge in [0.2, 0.25) is 5.91 Å². The van der Waals surface area contributed by atoms with Gasteiger partial charge in [-0.15, -0.1) is 0 Å². The van der Waals surface area contributed by atoms with Crippen LogP contribution in [0.5, 0.6) is 5.75 Å². The zero-order valence-electron chi connectivity index (χ0n) is 17.6. The van der Waals surface area contributed by atoms with Crippen LogP contribution in [-0.4, -0.2) is 25.3 Å². The highest BCUT2D eigenvalue weighted by Crippen LogP contribution is 2.29. The van der Waals surface area contributed by atoms with Gasteiger partial charge in [0.1, 0.15) is 16.5 Å². The molecule has 0 fully saturated rings. The van der Waals surface area contributed by atoms with E-state index in [1.165, 1.54) is 12.1 Å². The van der Waals surface area contributed by atoms with E-state index in [2.05, 4.69) is 0 Å². The molecule has 1 amide bonds. The summed E-state index contributed by atoms with van der Waals surface area (Å²) in [6, 6.07) is 8.90. The lowest BCUT2D eigenvalue weighted by molar-refractivity contribution is -0.134. The van der Waals surface area contributed by atoms with E-state index in [9.17, 15) is 17.6 Å². The van der Waals surface area contributed by atoms with Gasteiger partial charge in [-0.3, -0.25) is 4.79 Å². The zero-order chi connectivity index (χ0) is 22.5. The Kier molecular flexibility index (Phi) is 8.26. The summed E-state index contributed by atoms with van der Waals surface area (Å²) < 4.78 is 43.8. The van der Waals surface area contributed by atoms with Crippen LogP contribution in [0, 0.1) is 11.7 Å². The zero-order valence-corrected chi connectivity index (χ0v) is 19.1. The molecule has 0 saturated carbocycles. The number of carbonyl (C=O) groups excluding carboxylic acids is 1. The van der Waals surface area contributed by atoms with Gasteiger partial charge in [0, 0.05) is 29.6 Å². The standard InChI is InChI=1S/C22H27ClFNO4S/c1-5-16(4)25(22(26)12-15(2)3)14-17-13-18(23)6-11-21(17)29-30(27,28)20-9-7-19(24)8-10-20/h6-11,13,15-16H,5,12,14H2,1-4H3/t16-/m1/s1. The highest BCUT2D eigenvalue weighted by molar-refractivity contribution is 7.87. The normalized spacial score (nSPS) is 12.6. The van der Waals surface area contributed by atoms with E-state index in [1.54, 1.807) is 11.0 Å². The highest BCUT2D eigenvalue weighted by atomic mass is 35.5. The molecule has 0 bridgehead atoms. The Bertz CT molecular complexity index is 977. The van der Waals surface area contributed by atoms with E-state index in [1.807, 2.05) is 27.7 Å². The van der Waals surface area contributed by atoms with Gasteiger partial charge in [-0.25, -0.2) is 4.39 Å². The van der Waals surface area contributed by atoms with Crippen molar-refractivity contribution < 1.29 is 21.8 Å². The van der Waals surface area contributed by atoms with Crippen LogP contribution in [0.3, 0.4) is 0 Å². The van der Waals surface area contributed by atoms with Crippen molar-refractivity contribution in [2.24, 2.45) is 5.92 Å². The fraction of sp³-hybridized carbons (Fsp3) is 0.409. The minimum absolute atomic E-state index is 0.0216. The smallest absolute Gasteiger partial charge is 0.339 e. The molecule has 0 N–H and O–H groups in total. The third-order valence-electron chi connectivity index (χ3n) is 4.69. The first-order valence-corrected chi connectivity index (χ1v) is 11.6. The van der Waals surface area contributed by atoms with Crippen LogP contribution in [-0.2, 0) is 21.5 Å². The summed E-state index contributed by atoms with van der Waals surface area (Å²) in [6.45, 7) is 8.02. The summed E-state index contributed by atoms with van der Waals surface area (Å²) in [7, 11) is -4.18. The Labute approximate surface area is 182 Å². The first kappa shape index (κ1) is 24.2. The van der Waals surface area contributed by atoms with E-state index in [0.717, 1.165) is 30.7 Å². The molecule has 2 aromatic carbocycles. The van der Waals surface area contributed by atoms with E-state index in [0.29, 0.717) is 17.0 Å². The average Bonchev–Trinajstić information content (AvgIpc) is 2.67. The number of halogens is 2. The molecule has 8 heteroatoms. The fourth-order valence-corrected chi connectivity index (χ4v) is 4.04. The van der Waals surface area contributed by atoms with Gasteiger partial charge in [-0.05, 0) is 61.7 Å². The van der Waals surface area contributed by atoms with E-state index in [-0.39, 0.29) is 35.1 Å². The highest BCUT2D eigenvalue weighted by Gasteiger charge is 2.24. The molecular formula is C22H27ClFNO4S. The van der Waals surface area contributed by atoms with Crippen molar-refractivity contribution in [1.82, 2.24) is 4.90 Å². The van der Waals surface area contributed by atoms with Gasteiger partial charge in [0.15, 0.2) is 0 Å². The lowest BCUT2D eigenvalue weighted by Gasteiger charge is -2.30. The van der Waals surface area contributed by atoms with Crippen molar-refractivity contribution in [2.75, 3.05) is 0 Å². The molecule has 0 aliphatic heterocycles. The molecular weight excluding hydrogens is 429 g/mol. The van der Waals surface area contributed by atoms with Crippen molar-refractivity contribution in [1.29, 1.82) is 0 Å². The molecule has 2 rings (SSSR count). The van der Waals surface area contributed by atoms with Crippen LogP contribution >= 0.6 is 11.6 Å². The van der Waals surface area contributed by atoms with Crippen LogP contribution in [0.25, 0.3) is 0 Å². The summed E-state index contributed by atoms with van der Waals surface area (Å²) in [5, 5.41) is 0.400. The van der Waals surface area contributed by atoms with E-state index >= 15 is 0 Å². The van der Waals surface area contributed by atoms with Crippen LogP contribution in [0.15, 0.2) is 47.4 Å². The van der Waals surface area contributed by atoms with E-state index < -0.39 is 15.9 Å². The van der Waals surface area contributed by atoms with Crippen molar-refractivity contribution in [3.05, 3.63) is 58.9 Å². The van der Waals surface area contributed by atoms with Crippen LogP contribution < -0.4 is 4.18 Å². The summed E-state index contributed by atoms with van der Waals surface area (Å²) in [5.41, 5.74) is 0.477. The molecule has 0 unspecified atom stereocenters. The Morgan fingerprint density at radius 3 is 2.33 bits per heavy atom. The molecule has 5 nitrogen and oxygen atoms in total. The second-order valence-corrected chi connectivity index (χ2v) is 9.60. The molecule has 0 aliphatic rings. The van der Waals surface area contributed by atoms with Crippen molar-refractivity contribution >= 4 is 27.6 Å². The Hall–Kier alpha value is -2.12. The minimum atomic E-state index is -4.18. The summed E-state index contributed by atoms with van der Waals surface area (Å²) in [4.78, 5) is 14.3. The number of carbonyl (C=O) groups is 1. The minimum Gasteiger partial charge on any atom is -0.379 e. The van der Waals surface area contributed by atoms with Gasteiger partial charge in [0.25, 0.3) is 0 Å². The molecule has 164 valence electrons. The van der Waals surface area contributed by atoms with Crippen LogP contribution in [0.4, 0.5) is 4.39 Å². The van der Waals surface area contributed by atoms with Crippen LogP contribution in [0.1, 0.15) is 46.1 Å². The molecule has 2 aromatic rings. The molecule has 0 aliphatic carbocycles. The Morgan fingerprint density at radius 2 is 1.77 bits per heavy atom. The second-order valence-electron chi connectivity index (χ2n) is 7.62. The molecule has 0 heterocycles. The number of rotatable bonds is 9. The van der Waals surface area contributed by atoms with Gasteiger partial charge in [-0.2, -0.15) is 8.42 Å². The third kappa shape index (κ3) is 6.44. The molecule has 1 atom stereocenters. The van der Waals surface area contributed by atoms with Crippen LogP contribution in [0.2, 0.25) is 5.02 Å². The van der Waals surface area contributed by atoms with Gasteiger partial charge in [0.05, 0.1) is 0 Å². The first-order chi connectivity index (χ1) is 14.0. The maximum atomic E-state index is 13.1. The molecule has 0 aromatic heterocycles. The second kappa shape index (κ2) is 10.3. The molecule has 0 radical (unpaired) electrons. The number of benzene rings is 2. The maximum Gasteiger partial charge on any atom is 0.339 e. The fourth-order valence-electron chi connectivity index (χ4n) is 2.88. The monoisotopic (exact) mass is 455 g/mol. The first-order valence-electron chi connectivity index (χ1n) is 9.81. The SMILES string of the molecule is CC[C@@H](C)N(Cc1cc(Cl)ccc1OS(=O)(=O)c1ccc(F)cc1)C(=O)CC(C)C. The van der Waals surface area contributed by atoms with Crippen molar-refractivity contribution in [3.63, 3.8) is 0 Å². The van der Waals surface area contributed by atoms with Crippen molar-refractivity contribution in [3.8, 4) is 5.75 Å². The largest absolute Gasteiger partial charge is 0.379 e.